The van der Waals surface area contributed by atoms with Gasteiger partial charge in [0, 0.05) is 25.2 Å². The van der Waals surface area contributed by atoms with Gasteiger partial charge in [-0.2, -0.15) is 5.53 Å². The lowest BCUT2D eigenvalue weighted by Gasteiger charge is -2.35. The molecule has 59 heavy (non-hydrogen) atoms. The maximum atomic E-state index is 13.5. The van der Waals surface area contributed by atoms with Gasteiger partial charge in [-0.1, -0.05) is 89.2 Å². The molecule has 0 aliphatic carbocycles. The molecule has 0 aromatic carbocycles. The lowest BCUT2D eigenvalue weighted by atomic mass is 9.94. The molecule has 3 aliphatic heterocycles. The van der Waals surface area contributed by atoms with Gasteiger partial charge < -0.3 is 44.9 Å². The van der Waals surface area contributed by atoms with E-state index < -0.39 is 102 Å². The zero-order valence-electron chi connectivity index (χ0n) is 33.7. The Morgan fingerprint density at radius 3 is 2.29 bits per heavy atom. The van der Waals surface area contributed by atoms with E-state index in [1.165, 1.54) is 51.4 Å². The molecule has 4 heterocycles. The van der Waals surface area contributed by atoms with E-state index in [-0.39, 0.29) is 6.42 Å². The number of carbonyl (C=O) groups excluding carboxylic acids is 4. The lowest BCUT2D eigenvalue weighted by molar-refractivity contribution is -0.240. The summed E-state index contributed by atoms with van der Waals surface area (Å²) in [7, 11) is 0. The smallest absolute Gasteiger partial charge is 0.330 e. The van der Waals surface area contributed by atoms with Gasteiger partial charge in [0.15, 0.2) is 24.2 Å². The van der Waals surface area contributed by atoms with E-state index in [2.05, 4.69) is 27.8 Å². The second-order valence-electron chi connectivity index (χ2n) is 15.3. The van der Waals surface area contributed by atoms with Crippen LogP contribution in [-0.4, -0.2) is 105 Å². The van der Waals surface area contributed by atoms with E-state index in [9.17, 15) is 44.1 Å². The summed E-state index contributed by atoms with van der Waals surface area (Å²) in [5, 5.41) is 40.3. The van der Waals surface area contributed by atoms with Crippen molar-refractivity contribution in [1.29, 1.82) is 5.53 Å². The van der Waals surface area contributed by atoms with E-state index in [1.54, 1.807) is 0 Å². The van der Waals surface area contributed by atoms with Crippen molar-refractivity contribution in [3.05, 3.63) is 44.9 Å². The molecule has 0 unspecified atom stereocenters. The largest absolute Gasteiger partial charge is 0.457 e. The summed E-state index contributed by atoms with van der Waals surface area (Å²) in [6.07, 6.45) is 5.87. The summed E-state index contributed by atoms with van der Waals surface area (Å²) < 4.78 is 24.3. The van der Waals surface area contributed by atoms with Crippen LogP contribution < -0.4 is 27.3 Å². The van der Waals surface area contributed by atoms with E-state index in [0.29, 0.717) is 32.2 Å². The molecule has 1 aromatic heterocycles. The van der Waals surface area contributed by atoms with Crippen LogP contribution in [0.5, 0.6) is 0 Å². The van der Waals surface area contributed by atoms with E-state index >= 15 is 0 Å². The Morgan fingerprint density at radius 1 is 1.00 bits per heavy atom. The number of aliphatic hydroxyl groups is 3. The van der Waals surface area contributed by atoms with Crippen LogP contribution in [0.3, 0.4) is 0 Å². The highest BCUT2D eigenvalue weighted by Crippen LogP contribution is 2.39. The van der Waals surface area contributed by atoms with Crippen LogP contribution in [0.25, 0.3) is 0 Å². The van der Waals surface area contributed by atoms with Gasteiger partial charge >= 0.3 is 11.7 Å². The second kappa shape index (κ2) is 24.6. The Balaban J connectivity index is 1.45. The van der Waals surface area contributed by atoms with Crippen LogP contribution in [0.4, 0.5) is 0 Å². The highest BCUT2D eigenvalue weighted by atomic mass is 16.7. The Kier molecular flexibility index (Phi) is 19.6. The Morgan fingerprint density at radius 2 is 1.66 bits per heavy atom. The fourth-order valence-corrected chi connectivity index (χ4v) is 7.48. The molecular formula is C39H61N7O13. The molecule has 0 radical (unpaired) electrons. The molecule has 0 saturated carbocycles. The topological polar surface area (TPSA) is 293 Å². The van der Waals surface area contributed by atoms with Gasteiger partial charge in [-0.25, -0.2) is 10.2 Å². The third kappa shape index (κ3) is 14.0. The first-order valence-corrected chi connectivity index (χ1v) is 20.9. The molecular weight excluding hydrogens is 774 g/mol. The van der Waals surface area contributed by atoms with Gasteiger partial charge in [0.25, 0.3) is 17.4 Å². The zero-order valence-corrected chi connectivity index (χ0v) is 33.7. The van der Waals surface area contributed by atoms with Crippen LogP contribution in [-0.2, 0) is 38.1 Å². The van der Waals surface area contributed by atoms with Gasteiger partial charge in [0.2, 0.25) is 12.2 Å². The van der Waals surface area contributed by atoms with Crippen LogP contribution in [0, 0.1) is 11.4 Å². The molecule has 0 bridgehead atoms. The predicted octanol–water partition coefficient (Wildman–Crippen LogP) is 1.63. The fourth-order valence-electron chi connectivity index (χ4n) is 7.48. The minimum Gasteiger partial charge on any atom is -0.457 e. The van der Waals surface area contributed by atoms with Gasteiger partial charge in [-0.15, -0.1) is 0 Å². The van der Waals surface area contributed by atoms with Crippen molar-refractivity contribution in [1.82, 2.24) is 25.6 Å². The maximum Gasteiger partial charge on any atom is 0.330 e. The maximum absolute atomic E-state index is 13.5. The number of ether oxygens (including phenoxy) is 4. The molecule has 330 valence electrons. The number of H-pyrrole nitrogens is 1. The van der Waals surface area contributed by atoms with Crippen molar-refractivity contribution in [2.24, 2.45) is 11.1 Å². The fraction of sp³-hybridized carbons (Fsp3) is 0.744. The molecule has 8 N–H and O–H groups in total. The number of amides is 3. The van der Waals surface area contributed by atoms with Crippen LogP contribution in [0.15, 0.2) is 38.9 Å². The number of hydrogen-bond donors (Lipinski definition) is 8. The molecule has 9 atom stereocenters. The van der Waals surface area contributed by atoms with Gasteiger partial charge in [0.1, 0.15) is 24.4 Å². The molecule has 20 nitrogen and oxygen atoms in total. The summed E-state index contributed by atoms with van der Waals surface area (Å²) in [5.74, 6) is -5.04. The first-order valence-electron chi connectivity index (χ1n) is 20.9. The van der Waals surface area contributed by atoms with Crippen LogP contribution >= 0.6 is 0 Å². The molecule has 20 heteroatoms. The molecule has 3 aliphatic rings. The normalized spacial score (nSPS) is 26.1. The number of unbranched alkanes of at least 4 members (excludes halogenated alkanes) is 12. The minimum atomic E-state index is -1.96. The van der Waals surface area contributed by atoms with Gasteiger partial charge in [-0.3, -0.25) is 33.5 Å². The van der Waals surface area contributed by atoms with E-state index in [4.69, 9.17) is 24.5 Å². The zero-order chi connectivity index (χ0) is 42.7. The molecule has 4 rings (SSSR count). The number of hydrogen-bond acceptors (Lipinski definition) is 15. The first kappa shape index (κ1) is 47.2. The first-order chi connectivity index (χ1) is 28.5. The summed E-state index contributed by atoms with van der Waals surface area (Å²) in [6, 6.07) is 0.105. The minimum absolute atomic E-state index is 0.00212. The quantitative estimate of drug-likeness (QED) is 0.0318. The highest BCUT2D eigenvalue weighted by Gasteiger charge is 2.54. The Labute approximate surface area is 342 Å². The summed E-state index contributed by atoms with van der Waals surface area (Å²) in [6.45, 7) is 1.84. The SMILES string of the molecule is CCCCCCCCCCCCCCCC(=O)O[C@@H]1[C@H](CO)[C@@H]([C@@H](O[C@H]2OC(C(=O)N[C@H]3CCCCNC3=O)=C[C@H](O)[C@@H]2O)C(=O)NN=N)O[C@H]1n1ccc(=O)[nH]c1=O. The number of aromatic nitrogens is 2. The summed E-state index contributed by atoms with van der Waals surface area (Å²) >= 11 is 0. The van der Waals surface area contributed by atoms with Crippen molar-refractivity contribution in [3.8, 4) is 0 Å². The van der Waals surface area contributed by atoms with Gasteiger partial charge in [-0.05, 0) is 31.8 Å². The van der Waals surface area contributed by atoms with Gasteiger partial charge in [0.05, 0.1) is 12.5 Å². The number of esters is 1. The number of aliphatic hydroxyl groups excluding tert-OH is 3. The second-order valence-corrected chi connectivity index (χ2v) is 15.3. The molecule has 2 saturated heterocycles. The molecule has 0 spiro atoms. The van der Waals surface area contributed by atoms with Crippen molar-refractivity contribution in [2.75, 3.05) is 13.2 Å². The number of nitrogens with one attached hydrogen (secondary N) is 5. The van der Waals surface area contributed by atoms with Crippen LogP contribution in [0.2, 0.25) is 0 Å². The monoisotopic (exact) mass is 835 g/mol. The van der Waals surface area contributed by atoms with E-state index in [1.807, 2.05) is 5.43 Å². The standard InChI is InChI=1S/C39H61N7O13/c1-2-3-4-5-6-7-8-9-10-11-12-13-14-18-29(50)57-32-24(23-47)31(58-37(32)46-21-19-28(49)43-39(46)55)33(36(54)44-45-40)59-38-30(51)26(48)22-27(56-38)35(53)42-25-17-15-16-20-41-34(25)52/h19,21-22,24-26,30-33,37-38,47-48,51H,2-18,20,23H2,1H3,(H,41,52)(H,42,53)(H2,40,44,54)(H,43,49,55)/t24-,25+,26+,30+,31+,32-,33-,37-,38-/m1/s1. The average Bonchev–Trinajstić information content (AvgIpc) is 3.42. The van der Waals surface area contributed by atoms with Crippen LogP contribution in [0.1, 0.15) is 122 Å². The molecule has 1 aromatic rings. The third-order valence-corrected chi connectivity index (χ3v) is 10.8. The molecule has 3 amide bonds. The summed E-state index contributed by atoms with van der Waals surface area (Å²) in [5.41, 5.74) is 7.42. The summed E-state index contributed by atoms with van der Waals surface area (Å²) in [4.78, 5) is 79.3. The number of nitrogens with zero attached hydrogens (tertiary/aromatic N) is 2. The van der Waals surface area contributed by atoms with Crippen molar-refractivity contribution < 1.29 is 53.4 Å². The third-order valence-electron chi connectivity index (χ3n) is 10.8. The van der Waals surface area contributed by atoms with E-state index in [0.717, 1.165) is 48.6 Å². The van der Waals surface area contributed by atoms with Crippen molar-refractivity contribution >= 4 is 23.7 Å². The molecule has 2 fully saturated rings. The number of carbonyl (C=O) groups is 4. The lowest BCUT2D eigenvalue weighted by Crippen LogP contribution is -2.54. The number of rotatable bonds is 24. The Bertz CT molecular complexity index is 1690. The Hall–Kier alpha value is -4.50. The highest BCUT2D eigenvalue weighted by molar-refractivity contribution is 5.95. The average molecular weight is 836 g/mol. The van der Waals surface area contributed by atoms with Crippen molar-refractivity contribution in [2.45, 2.75) is 165 Å². The number of aromatic amines is 1. The van der Waals surface area contributed by atoms with Crippen molar-refractivity contribution in [3.63, 3.8) is 0 Å². The predicted molar refractivity (Wildman–Crippen MR) is 208 cm³/mol.